The molecule has 0 atom stereocenters. The number of rotatable bonds is 3. The molecule has 0 rings (SSSR count). The van der Waals surface area contributed by atoms with Crippen LogP contribution in [0, 0.1) is 0 Å². The summed E-state index contributed by atoms with van der Waals surface area (Å²) in [6.45, 7) is 6.50. The van der Waals surface area contributed by atoms with E-state index in [1.807, 2.05) is 0 Å². The molecule has 0 aliphatic heterocycles. The zero-order valence-corrected chi connectivity index (χ0v) is 6.50. The minimum Gasteiger partial charge on any atom is -0.160 e. The van der Waals surface area contributed by atoms with E-state index in [0.29, 0.717) is 0 Å². The first-order chi connectivity index (χ1) is 4.99. The highest BCUT2D eigenvalue weighted by Gasteiger charge is 2.29. The molecule has 0 aromatic rings. The summed E-state index contributed by atoms with van der Waals surface area (Å²) in [4.78, 5) is 0.0486. The van der Waals surface area contributed by atoms with Crippen LogP contribution in [-0.2, 0) is 0 Å². The fraction of sp³-hybridized carbons (Fsp3) is 0.143. The highest BCUT2D eigenvalue weighted by atomic mass is 32.2. The van der Waals surface area contributed by atoms with Crippen molar-refractivity contribution in [1.29, 1.82) is 0 Å². The molecule has 4 heteroatoms. The van der Waals surface area contributed by atoms with Crippen molar-refractivity contribution in [3.63, 3.8) is 0 Å². The Balaban J connectivity index is 4.20. The molecular formula is C7H7F3S. The third-order valence-electron chi connectivity index (χ3n) is 0.717. The molecule has 0 aromatic carbocycles. The van der Waals surface area contributed by atoms with Crippen molar-refractivity contribution in [2.45, 2.75) is 5.51 Å². The van der Waals surface area contributed by atoms with Crippen molar-refractivity contribution in [2.75, 3.05) is 0 Å². The molecule has 0 unspecified atom stereocenters. The number of allylic oxidation sites excluding steroid dienone is 3. The standard InChI is InChI=1S/C7H7F3S/c1-3-5-6(4-2)11-7(8,9)10/h3-5H,1-2H2/b6-5+. The van der Waals surface area contributed by atoms with Crippen LogP contribution in [0.4, 0.5) is 13.2 Å². The van der Waals surface area contributed by atoms with Gasteiger partial charge in [-0.2, -0.15) is 13.2 Å². The molecule has 0 fully saturated rings. The van der Waals surface area contributed by atoms with Crippen molar-refractivity contribution in [1.82, 2.24) is 0 Å². The number of alkyl halides is 3. The van der Waals surface area contributed by atoms with E-state index in [1.54, 1.807) is 0 Å². The van der Waals surface area contributed by atoms with Crippen LogP contribution >= 0.6 is 11.8 Å². The summed E-state index contributed by atoms with van der Waals surface area (Å²) < 4.78 is 35.0. The summed E-state index contributed by atoms with van der Waals surface area (Å²) in [7, 11) is 0. The second-order valence-electron chi connectivity index (χ2n) is 1.56. The zero-order chi connectivity index (χ0) is 8.91. The average Bonchev–Trinajstić information content (AvgIpc) is 1.84. The van der Waals surface area contributed by atoms with Crippen LogP contribution in [0.15, 0.2) is 36.3 Å². The molecule has 0 saturated carbocycles. The normalized spacial score (nSPS) is 12.8. The van der Waals surface area contributed by atoms with Crippen LogP contribution in [0.5, 0.6) is 0 Å². The van der Waals surface area contributed by atoms with Crippen molar-refractivity contribution in [3.8, 4) is 0 Å². The Bertz CT molecular complexity index is 179. The molecule has 0 radical (unpaired) electrons. The number of hydrogen-bond donors (Lipinski definition) is 0. The van der Waals surface area contributed by atoms with E-state index in [0.717, 1.165) is 6.08 Å². The van der Waals surface area contributed by atoms with Crippen LogP contribution in [0.3, 0.4) is 0 Å². The molecule has 0 bridgehead atoms. The number of halogens is 3. The van der Waals surface area contributed by atoms with E-state index >= 15 is 0 Å². The van der Waals surface area contributed by atoms with E-state index in [2.05, 4.69) is 13.2 Å². The Morgan fingerprint density at radius 1 is 1.27 bits per heavy atom. The van der Waals surface area contributed by atoms with Gasteiger partial charge in [0.15, 0.2) is 0 Å². The molecule has 0 amide bonds. The molecule has 0 N–H and O–H groups in total. The van der Waals surface area contributed by atoms with Gasteiger partial charge in [-0.3, -0.25) is 0 Å². The van der Waals surface area contributed by atoms with Gasteiger partial charge in [0.1, 0.15) is 0 Å². The van der Waals surface area contributed by atoms with Gasteiger partial charge in [-0.25, -0.2) is 0 Å². The first-order valence-corrected chi connectivity index (χ1v) is 3.52. The van der Waals surface area contributed by atoms with Gasteiger partial charge in [0.2, 0.25) is 0 Å². The van der Waals surface area contributed by atoms with Crippen molar-refractivity contribution >= 4 is 11.8 Å². The van der Waals surface area contributed by atoms with E-state index in [9.17, 15) is 13.2 Å². The van der Waals surface area contributed by atoms with Gasteiger partial charge in [-0.1, -0.05) is 25.3 Å². The average molecular weight is 180 g/mol. The van der Waals surface area contributed by atoms with Gasteiger partial charge in [0.25, 0.3) is 0 Å². The predicted molar refractivity (Wildman–Crippen MR) is 42.1 cm³/mol. The fourth-order valence-electron chi connectivity index (χ4n) is 0.394. The molecule has 62 valence electrons. The van der Waals surface area contributed by atoms with Crippen molar-refractivity contribution < 1.29 is 13.2 Å². The third-order valence-corrected chi connectivity index (χ3v) is 1.49. The predicted octanol–water partition coefficient (Wildman–Crippen LogP) is 3.50. The largest absolute Gasteiger partial charge is 0.446 e. The smallest absolute Gasteiger partial charge is 0.160 e. The lowest BCUT2D eigenvalue weighted by Crippen LogP contribution is -1.99. The first-order valence-electron chi connectivity index (χ1n) is 2.70. The van der Waals surface area contributed by atoms with Gasteiger partial charge >= 0.3 is 5.51 Å². The van der Waals surface area contributed by atoms with Crippen molar-refractivity contribution in [2.24, 2.45) is 0 Å². The molecule has 11 heavy (non-hydrogen) atoms. The monoisotopic (exact) mass is 180 g/mol. The molecule has 0 aliphatic carbocycles. The van der Waals surface area contributed by atoms with Gasteiger partial charge < -0.3 is 0 Å². The summed E-state index contributed by atoms with van der Waals surface area (Å²) >= 11 is -0.202. The summed E-state index contributed by atoms with van der Waals surface area (Å²) in [5, 5.41) is 0. The van der Waals surface area contributed by atoms with Crippen LogP contribution in [0.25, 0.3) is 0 Å². The van der Waals surface area contributed by atoms with Crippen LogP contribution in [0.2, 0.25) is 0 Å². The Kier molecular flexibility index (Phi) is 4.03. The maximum absolute atomic E-state index is 11.7. The minimum absolute atomic E-state index is 0.0486. The highest BCUT2D eigenvalue weighted by molar-refractivity contribution is 8.04. The zero-order valence-electron chi connectivity index (χ0n) is 5.69. The lowest BCUT2D eigenvalue weighted by atomic mass is 10.5. The fourth-order valence-corrected chi connectivity index (χ4v) is 0.908. The second kappa shape index (κ2) is 4.28. The van der Waals surface area contributed by atoms with Crippen LogP contribution in [0.1, 0.15) is 0 Å². The van der Waals surface area contributed by atoms with E-state index in [-0.39, 0.29) is 16.7 Å². The third kappa shape index (κ3) is 5.79. The maximum Gasteiger partial charge on any atom is 0.446 e. The SMILES string of the molecule is C=C/C=C(\C=C)SC(F)(F)F. The van der Waals surface area contributed by atoms with Crippen LogP contribution in [-0.4, -0.2) is 5.51 Å². The van der Waals surface area contributed by atoms with E-state index < -0.39 is 5.51 Å². The molecule has 0 spiro atoms. The molecule has 0 saturated heterocycles. The Morgan fingerprint density at radius 2 is 1.82 bits per heavy atom. The second-order valence-corrected chi connectivity index (χ2v) is 2.70. The van der Waals surface area contributed by atoms with Gasteiger partial charge in [-0.05, 0) is 17.8 Å². The summed E-state index contributed by atoms with van der Waals surface area (Å²) in [6, 6.07) is 0. The number of hydrogen-bond acceptors (Lipinski definition) is 1. The van der Waals surface area contributed by atoms with Crippen LogP contribution < -0.4 is 0 Å². The van der Waals surface area contributed by atoms with Gasteiger partial charge in [0.05, 0.1) is 0 Å². The summed E-state index contributed by atoms with van der Waals surface area (Å²) in [6.07, 6.45) is 3.68. The summed E-state index contributed by atoms with van der Waals surface area (Å²) in [5.74, 6) is 0. The Morgan fingerprint density at radius 3 is 2.09 bits per heavy atom. The highest BCUT2D eigenvalue weighted by Crippen LogP contribution is 2.36. The molecule has 0 nitrogen and oxygen atoms in total. The van der Waals surface area contributed by atoms with Gasteiger partial charge in [-0.15, -0.1) is 0 Å². The molecule has 0 heterocycles. The van der Waals surface area contributed by atoms with Gasteiger partial charge in [0, 0.05) is 4.91 Å². The lowest BCUT2D eigenvalue weighted by molar-refractivity contribution is -0.0321. The summed E-state index contributed by atoms with van der Waals surface area (Å²) in [5.41, 5.74) is -4.25. The Labute approximate surface area is 67.5 Å². The minimum atomic E-state index is -4.25. The molecule has 0 aliphatic rings. The molecule has 0 aromatic heterocycles. The molecular weight excluding hydrogens is 173 g/mol. The van der Waals surface area contributed by atoms with Crippen molar-refractivity contribution in [3.05, 3.63) is 36.3 Å². The number of thioether (sulfide) groups is 1. The maximum atomic E-state index is 11.7. The topological polar surface area (TPSA) is 0 Å². The van der Waals surface area contributed by atoms with E-state index in [1.165, 1.54) is 12.2 Å². The quantitative estimate of drug-likeness (QED) is 0.599. The lowest BCUT2D eigenvalue weighted by Gasteiger charge is -2.04. The van der Waals surface area contributed by atoms with E-state index in [4.69, 9.17) is 0 Å². The first kappa shape index (κ1) is 10.4. The Hall–Kier alpha value is -0.640.